The molecule has 1 aromatic carbocycles. The van der Waals surface area contributed by atoms with Crippen LogP contribution in [0.4, 0.5) is 0 Å². The van der Waals surface area contributed by atoms with E-state index in [1.54, 1.807) is 30.3 Å². The van der Waals surface area contributed by atoms with E-state index in [4.69, 9.17) is 5.26 Å². The van der Waals surface area contributed by atoms with Gasteiger partial charge in [-0.2, -0.15) is 5.26 Å². The summed E-state index contributed by atoms with van der Waals surface area (Å²) >= 11 is 3.23. The van der Waals surface area contributed by atoms with Gasteiger partial charge in [-0.05, 0) is 45.8 Å². The molecule has 0 fully saturated rings. The van der Waals surface area contributed by atoms with Crippen LogP contribution in [0.15, 0.2) is 52.0 Å². The summed E-state index contributed by atoms with van der Waals surface area (Å²) in [6.45, 7) is 0. The Labute approximate surface area is 119 Å². The first-order chi connectivity index (χ1) is 9.03. The Morgan fingerprint density at radius 3 is 2.68 bits per heavy atom. The second kappa shape index (κ2) is 5.51. The van der Waals surface area contributed by atoms with Crippen molar-refractivity contribution in [1.82, 2.24) is 4.98 Å². The number of halogens is 1. The van der Waals surface area contributed by atoms with Gasteiger partial charge in [0, 0.05) is 10.7 Å². The van der Waals surface area contributed by atoms with E-state index in [0.29, 0.717) is 10.0 Å². The van der Waals surface area contributed by atoms with E-state index in [1.807, 2.05) is 6.07 Å². The van der Waals surface area contributed by atoms with Crippen LogP contribution >= 0.6 is 15.9 Å². The van der Waals surface area contributed by atoms with Crippen LogP contribution in [0.5, 0.6) is 0 Å². The highest BCUT2D eigenvalue weighted by Gasteiger charge is 2.18. The standard InChI is InChI=1S/C13H9BrN2O2S/c14-12-3-1-2-4-13(12)19(17,18)9-10-5-6-16-11(7-10)8-15/h1-7H,9H2. The molecule has 1 aromatic heterocycles. The second-order valence-corrected chi connectivity index (χ2v) is 6.66. The SMILES string of the molecule is N#Cc1cc(CS(=O)(=O)c2ccccc2Br)ccn1. The number of hydrogen-bond donors (Lipinski definition) is 0. The van der Waals surface area contributed by atoms with E-state index in [9.17, 15) is 8.42 Å². The van der Waals surface area contributed by atoms with Crippen molar-refractivity contribution < 1.29 is 8.42 Å². The monoisotopic (exact) mass is 336 g/mol. The highest BCUT2D eigenvalue weighted by Crippen LogP contribution is 2.24. The normalized spacial score (nSPS) is 10.9. The number of nitriles is 1. The minimum absolute atomic E-state index is 0.160. The molecule has 0 aliphatic carbocycles. The summed E-state index contributed by atoms with van der Waals surface area (Å²) in [5.41, 5.74) is 0.752. The number of hydrogen-bond acceptors (Lipinski definition) is 4. The van der Waals surface area contributed by atoms with Crippen LogP contribution in [-0.2, 0) is 15.6 Å². The zero-order valence-electron chi connectivity index (χ0n) is 9.75. The quantitative estimate of drug-likeness (QED) is 0.863. The molecule has 0 amide bonds. The zero-order chi connectivity index (χ0) is 13.9. The number of aromatic nitrogens is 1. The van der Waals surface area contributed by atoms with Crippen LogP contribution in [0.2, 0.25) is 0 Å². The zero-order valence-corrected chi connectivity index (χ0v) is 12.1. The Balaban J connectivity index is 2.37. The van der Waals surface area contributed by atoms with E-state index < -0.39 is 9.84 Å². The minimum atomic E-state index is -3.45. The molecule has 0 aliphatic rings. The summed E-state index contributed by atoms with van der Waals surface area (Å²) in [4.78, 5) is 4.05. The number of sulfone groups is 1. The molecule has 0 atom stereocenters. The molecule has 0 bridgehead atoms. The molecule has 2 rings (SSSR count). The number of rotatable bonds is 3. The van der Waals surface area contributed by atoms with E-state index in [0.717, 1.165) is 0 Å². The van der Waals surface area contributed by atoms with Crippen molar-refractivity contribution in [2.75, 3.05) is 0 Å². The van der Waals surface area contributed by atoms with Crippen molar-refractivity contribution in [1.29, 1.82) is 5.26 Å². The van der Waals surface area contributed by atoms with Gasteiger partial charge < -0.3 is 0 Å². The van der Waals surface area contributed by atoms with Gasteiger partial charge >= 0.3 is 0 Å². The van der Waals surface area contributed by atoms with Crippen LogP contribution < -0.4 is 0 Å². The van der Waals surface area contributed by atoms with E-state index in [2.05, 4.69) is 20.9 Å². The molecule has 0 saturated heterocycles. The third-order valence-electron chi connectivity index (χ3n) is 2.47. The predicted octanol–water partition coefficient (Wildman–Crippen LogP) is 2.69. The first-order valence-corrected chi connectivity index (χ1v) is 7.80. The fraction of sp³-hybridized carbons (Fsp3) is 0.0769. The predicted molar refractivity (Wildman–Crippen MR) is 74.0 cm³/mol. The maximum atomic E-state index is 12.3. The molecule has 2 aromatic rings. The van der Waals surface area contributed by atoms with Gasteiger partial charge in [0.2, 0.25) is 0 Å². The van der Waals surface area contributed by atoms with Gasteiger partial charge in [-0.25, -0.2) is 13.4 Å². The Morgan fingerprint density at radius 1 is 1.26 bits per heavy atom. The fourth-order valence-electron chi connectivity index (χ4n) is 1.62. The molecular formula is C13H9BrN2O2S. The summed E-state index contributed by atoms with van der Waals surface area (Å²) in [7, 11) is -3.45. The minimum Gasteiger partial charge on any atom is -0.246 e. The first-order valence-electron chi connectivity index (χ1n) is 5.35. The van der Waals surface area contributed by atoms with Crippen molar-refractivity contribution in [2.45, 2.75) is 10.6 Å². The van der Waals surface area contributed by atoms with Crippen molar-refractivity contribution in [3.05, 3.63) is 58.3 Å². The van der Waals surface area contributed by atoms with Gasteiger partial charge in [-0.1, -0.05) is 12.1 Å². The van der Waals surface area contributed by atoms with Gasteiger partial charge in [0.05, 0.1) is 10.6 Å². The van der Waals surface area contributed by atoms with Gasteiger partial charge in [0.25, 0.3) is 0 Å². The average Bonchev–Trinajstić information content (AvgIpc) is 2.38. The smallest absolute Gasteiger partial charge is 0.183 e. The maximum absolute atomic E-state index is 12.3. The highest BCUT2D eigenvalue weighted by atomic mass is 79.9. The number of nitrogens with zero attached hydrogens (tertiary/aromatic N) is 2. The summed E-state index contributed by atoms with van der Waals surface area (Å²) in [5, 5.41) is 8.75. The third kappa shape index (κ3) is 3.19. The molecular weight excluding hydrogens is 328 g/mol. The van der Waals surface area contributed by atoms with Gasteiger partial charge in [-0.15, -0.1) is 0 Å². The van der Waals surface area contributed by atoms with Crippen LogP contribution in [0.25, 0.3) is 0 Å². The fourth-order valence-corrected chi connectivity index (χ4v) is 4.07. The summed E-state index contributed by atoms with van der Waals surface area (Å²) in [6.07, 6.45) is 1.43. The number of benzene rings is 1. The summed E-state index contributed by atoms with van der Waals surface area (Å²) < 4.78 is 25.1. The molecule has 96 valence electrons. The van der Waals surface area contributed by atoms with E-state index in [1.165, 1.54) is 12.3 Å². The molecule has 4 nitrogen and oxygen atoms in total. The molecule has 0 aliphatic heterocycles. The molecule has 0 radical (unpaired) electrons. The Hall–Kier alpha value is -1.71. The van der Waals surface area contributed by atoms with Crippen molar-refractivity contribution in [3.8, 4) is 6.07 Å². The Morgan fingerprint density at radius 2 is 2.00 bits per heavy atom. The lowest BCUT2D eigenvalue weighted by molar-refractivity contribution is 0.595. The van der Waals surface area contributed by atoms with Gasteiger partial charge in [-0.3, -0.25) is 0 Å². The lowest BCUT2D eigenvalue weighted by Crippen LogP contribution is -2.06. The largest absolute Gasteiger partial charge is 0.246 e. The second-order valence-electron chi connectivity index (χ2n) is 3.85. The molecule has 0 saturated carbocycles. The molecule has 0 spiro atoms. The molecule has 0 unspecified atom stereocenters. The molecule has 6 heteroatoms. The van der Waals surface area contributed by atoms with Crippen LogP contribution in [0.3, 0.4) is 0 Å². The summed E-state index contributed by atoms with van der Waals surface area (Å²) in [6, 6.07) is 11.6. The van der Waals surface area contributed by atoms with E-state index in [-0.39, 0.29) is 16.3 Å². The molecule has 0 N–H and O–H groups in total. The average molecular weight is 337 g/mol. The van der Waals surface area contributed by atoms with Crippen LogP contribution in [-0.4, -0.2) is 13.4 Å². The lowest BCUT2D eigenvalue weighted by atomic mass is 10.2. The lowest BCUT2D eigenvalue weighted by Gasteiger charge is -2.06. The Kier molecular flexibility index (Phi) is 3.98. The van der Waals surface area contributed by atoms with E-state index >= 15 is 0 Å². The van der Waals surface area contributed by atoms with Gasteiger partial charge in [0.15, 0.2) is 9.84 Å². The van der Waals surface area contributed by atoms with Crippen LogP contribution in [0.1, 0.15) is 11.3 Å². The van der Waals surface area contributed by atoms with Gasteiger partial charge in [0.1, 0.15) is 11.8 Å². The summed E-state index contributed by atoms with van der Waals surface area (Å²) in [5.74, 6) is -0.160. The Bertz CT molecular complexity index is 751. The topological polar surface area (TPSA) is 70.8 Å². The number of pyridine rings is 1. The highest BCUT2D eigenvalue weighted by molar-refractivity contribution is 9.10. The van der Waals surface area contributed by atoms with Crippen molar-refractivity contribution in [3.63, 3.8) is 0 Å². The first kappa shape index (κ1) is 13.7. The van der Waals surface area contributed by atoms with Crippen LogP contribution in [0, 0.1) is 11.3 Å². The maximum Gasteiger partial charge on any atom is 0.183 e. The molecule has 1 heterocycles. The molecule has 19 heavy (non-hydrogen) atoms. The van der Waals surface area contributed by atoms with Crippen molar-refractivity contribution >= 4 is 25.8 Å². The third-order valence-corrected chi connectivity index (χ3v) is 5.16. The van der Waals surface area contributed by atoms with Crippen molar-refractivity contribution in [2.24, 2.45) is 0 Å².